The van der Waals surface area contributed by atoms with Crippen molar-refractivity contribution >= 4 is 23.2 Å². The molecule has 3 heterocycles. The van der Waals surface area contributed by atoms with Gasteiger partial charge in [-0.3, -0.25) is 9.59 Å². The molecule has 1 saturated heterocycles. The second-order valence-corrected chi connectivity index (χ2v) is 6.93. The first-order valence-electron chi connectivity index (χ1n) is 8.34. The molecule has 132 valence electrons. The normalized spacial score (nSPS) is 16.8. The number of carbonyl (C=O) groups excluding carboxylic acids is 2. The summed E-state index contributed by atoms with van der Waals surface area (Å²) in [5, 5.41) is 5.12. The van der Waals surface area contributed by atoms with E-state index in [4.69, 9.17) is 4.42 Å². The van der Waals surface area contributed by atoms with Crippen molar-refractivity contribution in [2.45, 2.75) is 19.0 Å². The summed E-state index contributed by atoms with van der Waals surface area (Å²) in [6.07, 6.45) is 2.17. The lowest BCUT2D eigenvalue weighted by Crippen LogP contribution is -2.41. The van der Waals surface area contributed by atoms with Crippen LogP contribution in [0.15, 0.2) is 58.5 Å². The molecule has 1 atom stereocenters. The summed E-state index contributed by atoms with van der Waals surface area (Å²) in [5.41, 5.74) is 1.38. The van der Waals surface area contributed by atoms with E-state index in [1.807, 2.05) is 30.3 Å². The monoisotopic (exact) mass is 367 g/mol. The fraction of sp³-hybridized carbons (Fsp3) is 0.211. The highest BCUT2D eigenvalue weighted by molar-refractivity contribution is 7.13. The maximum Gasteiger partial charge on any atom is 0.271 e. The van der Waals surface area contributed by atoms with Crippen molar-refractivity contribution in [1.82, 2.24) is 15.2 Å². The molecule has 4 rings (SSSR count). The second kappa shape index (κ2) is 7.13. The average molecular weight is 367 g/mol. The van der Waals surface area contributed by atoms with Gasteiger partial charge in [-0.05, 0) is 24.1 Å². The molecule has 0 aliphatic carbocycles. The summed E-state index contributed by atoms with van der Waals surface area (Å²) in [6.45, 7) is 1.19. The van der Waals surface area contributed by atoms with Gasteiger partial charge in [0.05, 0.1) is 6.26 Å². The third kappa shape index (κ3) is 3.39. The minimum absolute atomic E-state index is 0.0521. The summed E-state index contributed by atoms with van der Waals surface area (Å²) in [7, 11) is 0. The summed E-state index contributed by atoms with van der Waals surface area (Å²) in [5.74, 6) is 0.239. The van der Waals surface area contributed by atoms with E-state index >= 15 is 0 Å². The Bertz CT molecular complexity index is 905. The lowest BCUT2D eigenvalue weighted by Gasteiger charge is -2.17. The maximum atomic E-state index is 12.5. The van der Waals surface area contributed by atoms with Crippen LogP contribution < -0.4 is 5.32 Å². The van der Waals surface area contributed by atoms with Gasteiger partial charge in [-0.25, -0.2) is 4.98 Å². The van der Waals surface area contributed by atoms with Crippen LogP contribution in [-0.2, 0) is 11.3 Å². The van der Waals surface area contributed by atoms with E-state index in [1.165, 1.54) is 11.3 Å². The molecule has 1 aromatic carbocycles. The number of nitrogens with one attached hydrogen (secondary N) is 1. The standard InChI is InChI=1S/C19H17N3O3S/c23-17(15-12-26-18(21-15)16-7-4-10-25-16)20-14-8-9-22(19(14)24)11-13-5-2-1-3-6-13/h1-7,10,12,14H,8-9,11H2,(H,20,23)/t14-/m1/s1. The first-order valence-corrected chi connectivity index (χ1v) is 9.21. The molecule has 0 unspecified atom stereocenters. The number of amides is 2. The van der Waals surface area contributed by atoms with Crippen LogP contribution in [0.5, 0.6) is 0 Å². The molecule has 3 aromatic rings. The molecule has 0 bridgehead atoms. The van der Waals surface area contributed by atoms with E-state index in [2.05, 4.69) is 10.3 Å². The molecule has 1 N–H and O–H groups in total. The molecule has 0 radical (unpaired) electrons. The molecular formula is C19H17N3O3S. The highest BCUT2D eigenvalue weighted by Crippen LogP contribution is 2.24. The summed E-state index contributed by atoms with van der Waals surface area (Å²) in [4.78, 5) is 31.0. The summed E-state index contributed by atoms with van der Waals surface area (Å²) < 4.78 is 5.29. The van der Waals surface area contributed by atoms with E-state index in [-0.39, 0.29) is 11.8 Å². The van der Waals surface area contributed by atoms with Gasteiger partial charge in [-0.15, -0.1) is 11.3 Å². The highest BCUT2D eigenvalue weighted by Gasteiger charge is 2.33. The molecule has 1 aliphatic rings. The lowest BCUT2D eigenvalue weighted by atomic mass is 10.2. The van der Waals surface area contributed by atoms with Crippen LogP contribution in [0.25, 0.3) is 10.8 Å². The van der Waals surface area contributed by atoms with Crippen LogP contribution in [-0.4, -0.2) is 34.3 Å². The van der Waals surface area contributed by atoms with Gasteiger partial charge >= 0.3 is 0 Å². The van der Waals surface area contributed by atoms with Crippen LogP contribution in [0.2, 0.25) is 0 Å². The number of nitrogens with zero attached hydrogens (tertiary/aromatic N) is 2. The Morgan fingerprint density at radius 3 is 2.88 bits per heavy atom. The number of aromatic nitrogens is 1. The van der Waals surface area contributed by atoms with E-state index in [1.54, 1.807) is 28.7 Å². The molecule has 6 nitrogen and oxygen atoms in total. The molecule has 1 aliphatic heterocycles. The van der Waals surface area contributed by atoms with Crippen LogP contribution in [0.3, 0.4) is 0 Å². The number of thiazole rings is 1. The maximum absolute atomic E-state index is 12.5. The van der Waals surface area contributed by atoms with Crippen LogP contribution in [0.1, 0.15) is 22.5 Å². The van der Waals surface area contributed by atoms with Crippen molar-refractivity contribution in [2.24, 2.45) is 0 Å². The fourth-order valence-corrected chi connectivity index (χ4v) is 3.72. The van der Waals surface area contributed by atoms with Gasteiger partial charge in [-0.1, -0.05) is 30.3 Å². The molecule has 26 heavy (non-hydrogen) atoms. The van der Waals surface area contributed by atoms with Crippen molar-refractivity contribution in [2.75, 3.05) is 6.54 Å². The predicted molar refractivity (Wildman–Crippen MR) is 97.5 cm³/mol. The van der Waals surface area contributed by atoms with E-state index < -0.39 is 6.04 Å². The van der Waals surface area contributed by atoms with Crippen molar-refractivity contribution in [3.05, 3.63) is 65.4 Å². The van der Waals surface area contributed by atoms with Crippen LogP contribution in [0.4, 0.5) is 0 Å². The van der Waals surface area contributed by atoms with E-state index in [0.717, 1.165) is 5.56 Å². The topological polar surface area (TPSA) is 75.4 Å². The van der Waals surface area contributed by atoms with Gasteiger partial charge in [0, 0.05) is 18.5 Å². The molecule has 1 fully saturated rings. The third-order valence-electron chi connectivity index (χ3n) is 4.29. The van der Waals surface area contributed by atoms with Crippen LogP contribution in [0, 0.1) is 0 Å². The Kier molecular flexibility index (Phi) is 4.53. The second-order valence-electron chi connectivity index (χ2n) is 6.08. The van der Waals surface area contributed by atoms with Crippen molar-refractivity contribution in [3.8, 4) is 10.8 Å². The largest absolute Gasteiger partial charge is 0.462 e. The van der Waals surface area contributed by atoms with Gasteiger partial charge in [-0.2, -0.15) is 0 Å². The van der Waals surface area contributed by atoms with E-state index in [0.29, 0.717) is 36.0 Å². The van der Waals surface area contributed by atoms with Gasteiger partial charge in [0.2, 0.25) is 5.91 Å². The van der Waals surface area contributed by atoms with Crippen molar-refractivity contribution in [1.29, 1.82) is 0 Å². The van der Waals surface area contributed by atoms with Gasteiger partial charge in [0.25, 0.3) is 5.91 Å². The number of carbonyl (C=O) groups is 2. The summed E-state index contributed by atoms with van der Waals surface area (Å²) >= 11 is 1.34. The van der Waals surface area contributed by atoms with Gasteiger partial charge < -0.3 is 14.6 Å². The molecule has 7 heteroatoms. The Hall–Kier alpha value is -2.93. The summed E-state index contributed by atoms with van der Waals surface area (Å²) in [6, 6.07) is 12.9. The quantitative estimate of drug-likeness (QED) is 0.752. The Morgan fingerprint density at radius 1 is 1.27 bits per heavy atom. The minimum atomic E-state index is -0.500. The highest BCUT2D eigenvalue weighted by atomic mass is 32.1. The zero-order chi connectivity index (χ0) is 17.9. The molecular weight excluding hydrogens is 350 g/mol. The SMILES string of the molecule is O=C(N[C@@H]1CCN(Cc2ccccc2)C1=O)c1csc(-c2ccco2)n1. The third-order valence-corrected chi connectivity index (χ3v) is 5.14. The zero-order valence-corrected chi connectivity index (χ0v) is 14.7. The number of likely N-dealkylation sites (tertiary alicyclic amines) is 1. The first-order chi connectivity index (χ1) is 12.7. The Balaban J connectivity index is 1.38. The number of rotatable bonds is 5. The minimum Gasteiger partial charge on any atom is -0.462 e. The predicted octanol–water partition coefficient (Wildman–Crippen LogP) is 2.93. The number of benzene rings is 1. The van der Waals surface area contributed by atoms with Gasteiger partial charge in [0.15, 0.2) is 10.8 Å². The number of hydrogen-bond acceptors (Lipinski definition) is 5. The number of furan rings is 1. The van der Waals surface area contributed by atoms with Gasteiger partial charge in [0.1, 0.15) is 11.7 Å². The molecule has 0 spiro atoms. The van der Waals surface area contributed by atoms with Crippen LogP contribution >= 0.6 is 11.3 Å². The average Bonchev–Trinajstić information content (AvgIpc) is 3.40. The molecule has 2 amide bonds. The lowest BCUT2D eigenvalue weighted by molar-refractivity contribution is -0.129. The van der Waals surface area contributed by atoms with Crippen molar-refractivity contribution < 1.29 is 14.0 Å². The zero-order valence-electron chi connectivity index (χ0n) is 13.9. The van der Waals surface area contributed by atoms with Crippen molar-refractivity contribution in [3.63, 3.8) is 0 Å². The Labute approximate surface area is 154 Å². The Morgan fingerprint density at radius 2 is 2.12 bits per heavy atom. The molecule has 2 aromatic heterocycles. The smallest absolute Gasteiger partial charge is 0.271 e. The van der Waals surface area contributed by atoms with E-state index in [9.17, 15) is 9.59 Å². The first kappa shape index (κ1) is 16.5. The number of hydrogen-bond donors (Lipinski definition) is 1. The molecule has 0 saturated carbocycles. The fourth-order valence-electron chi connectivity index (χ4n) is 2.96.